The standard InChI is InChI=1S/C24H31FN4O3/c1-5-7-21(26-14-17(2)18-9-11-20(25)12-10-18)27-22(31)15-29-13-6-8-19(16-30)23(29)24(32)28(3)4/h7,9-12,14,16-17H,5-6,8,13,15H2,1-4H3,(H,27,31)/b21-7+,26-14-. The van der Waals surface area contributed by atoms with Gasteiger partial charge in [-0.1, -0.05) is 26.0 Å². The van der Waals surface area contributed by atoms with E-state index in [1.54, 1.807) is 43.4 Å². The zero-order chi connectivity index (χ0) is 23.7. The van der Waals surface area contributed by atoms with Gasteiger partial charge in [-0.05, 0) is 43.0 Å². The first kappa shape index (κ1) is 25.0. The number of aliphatic imine (C=N–C) groups is 1. The van der Waals surface area contributed by atoms with Crippen LogP contribution in [0.5, 0.6) is 0 Å². The molecule has 32 heavy (non-hydrogen) atoms. The SMILES string of the molecule is CC/C=C(\N=C/C(C)c1ccc(F)cc1)NC(=O)CN1CCCC(C=O)=C1C(=O)N(C)C. The first-order valence-electron chi connectivity index (χ1n) is 10.7. The predicted molar refractivity (Wildman–Crippen MR) is 122 cm³/mol. The summed E-state index contributed by atoms with van der Waals surface area (Å²) >= 11 is 0. The molecule has 1 N–H and O–H groups in total. The van der Waals surface area contributed by atoms with Gasteiger partial charge >= 0.3 is 0 Å². The van der Waals surface area contributed by atoms with Crippen LogP contribution >= 0.6 is 0 Å². The van der Waals surface area contributed by atoms with Gasteiger partial charge in [-0.3, -0.25) is 14.4 Å². The fourth-order valence-corrected chi connectivity index (χ4v) is 3.38. The van der Waals surface area contributed by atoms with Crippen molar-refractivity contribution in [3.05, 3.63) is 58.8 Å². The average Bonchev–Trinajstić information content (AvgIpc) is 2.77. The molecular weight excluding hydrogens is 411 g/mol. The lowest BCUT2D eigenvalue weighted by molar-refractivity contribution is -0.127. The van der Waals surface area contributed by atoms with Crippen molar-refractivity contribution in [1.29, 1.82) is 0 Å². The Morgan fingerprint density at radius 3 is 2.56 bits per heavy atom. The highest BCUT2D eigenvalue weighted by atomic mass is 19.1. The minimum Gasteiger partial charge on any atom is -0.357 e. The van der Waals surface area contributed by atoms with Crippen molar-refractivity contribution < 1.29 is 18.8 Å². The molecule has 0 radical (unpaired) electrons. The van der Waals surface area contributed by atoms with Crippen molar-refractivity contribution in [1.82, 2.24) is 15.1 Å². The molecule has 1 heterocycles. The van der Waals surface area contributed by atoms with E-state index in [-0.39, 0.29) is 35.8 Å². The molecule has 172 valence electrons. The lowest BCUT2D eigenvalue weighted by Crippen LogP contribution is -2.43. The number of carbonyl (C=O) groups is 3. The van der Waals surface area contributed by atoms with E-state index < -0.39 is 0 Å². The number of allylic oxidation sites excluding steroid dienone is 2. The Bertz CT molecular complexity index is 920. The molecule has 0 aliphatic carbocycles. The molecule has 8 heteroatoms. The van der Waals surface area contributed by atoms with Gasteiger partial charge in [0.2, 0.25) is 5.91 Å². The molecule has 1 aromatic rings. The smallest absolute Gasteiger partial charge is 0.270 e. The lowest BCUT2D eigenvalue weighted by atomic mass is 10.0. The highest BCUT2D eigenvalue weighted by molar-refractivity contribution is 5.99. The van der Waals surface area contributed by atoms with Crippen LogP contribution in [-0.4, -0.2) is 61.3 Å². The van der Waals surface area contributed by atoms with E-state index in [1.165, 1.54) is 17.0 Å². The van der Waals surface area contributed by atoms with Crippen LogP contribution in [0.25, 0.3) is 0 Å². The maximum atomic E-state index is 13.1. The Hall–Kier alpha value is -3.29. The molecule has 0 fully saturated rings. The van der Waals surface area contributed by atoms with Crippen LogP contribution in [0.4, 0.5) is 4.39 Å². The van der Waals surface area contributed by atoms with Crippen molar-refractivity contribution in [2.45, 2.75) is 39.0 Å². The lowest BCUT2D eigenvalue weighted by Gasteiger charge is -2.32. The number of amides is 2. The zero-order valence-corrected chi connectivity index (χ0v) is 19.1. The third-order valence-electron chi connectivity index (χ3n) is 5.08. The van der Waals surface area contributed by atoms with Gasteiger partial charge in [0.05, 0.1) is 6.54 Å². The van der Waals surface area contributed by atoms with Crippen molar-refractivity contribution in [3.63, 3.8) is 0 Å². The molecule has 2 rings (SSSR count). The van der Waals surface area contributed by atoms with Crippen molar-refractivity contribution >= 4 is 24.3 Å². The Labute approximate surface area is 188 Å². The number of hydrogen-bond acceptors (Lipinski definition) is 5. The van der Waals surface area contributed by atoms with E-state index in [9.17, 15) is 18.8 Å². The minimum absolute atomic E-state index is 0.0592. The number of carbonyl (C=O) groups excluding carboxylic acids is 3. The largest absolute Gasteiger partial charge is 0.357 e. The maximum absolute atomic E-state index is 13.1. The van der Waals surface area contributed by atoms with E-state index in [0.717, 1.165) is 5.56 Å². The summed E-state index contributed by atoms with van der Waals surface area (Å²) in [7, 11) is 3.23. The van der Waals surface area contributed by atoms with Crippen molar-refractivity contribution in [3.8, 4) is 0 Å². The van der Waals surface area contributed by atoms with Gasteiger partial charge in [0, 0.05) is 38.3 Å². The molecule has 0 saturated carbocycles. The Morgan fingerprint density at radius 2 is 1.97 bits per heavy atom. The molecule has 2 amide bonds. The highest BCUT2D eigenvalue weighted by Crippen LogP contribution is 2.22. The second-order valence-electron chi connectivity index (χ2n) is 7.88. The van der Waals surface area contributed by atoms with Crippen LogP contribution in [0.3, 0.4) is 0 Å². The van der Waals surface area contributed by atoms with Gasteiger partial charge in [0.1, 0.15) is 23.6 Å². The monoisotopic (exact) mass is 442 g/mol. The first-order valence-corrected chi connectivity index (χ1v) is 10.7. The third kappa shape index (κ3) is 6.87. The van der Waals surface area contributed by atoms with Gasteiger partial charge in [-0.15, -0.1) is 0 Å². The van der Waals surface area contributed by atoms with Crippen molar-refractivity contribution in [2.24, 2.45) is 4.99 Å². The molecule has 1 aliphatic rings. The van der Waals surface area contributed by atoms with Crippen LogP contribution < -0.4 is 5.32 Å². The predicted octanol–water partition coefficient (Wildman–Crippen LogP) is 3.00. The summed E-state index contributed by atoms with van der Waals surface area (Å²) in [6.45, 7) is 4.32. The fraction of sp³-hybridized carbons (Fsp3) is 0.417. The molecule has 0 bridgehead atoms. The molecule has 1 aliphatic heterocycles. The van der Waals surface area contributed by atoms with Gasteiger partial charge in [0.15, 0.2) is 0 Å². The molecule has 0 aromatic heterocycles. The molecule has 1 atom stereocenters. The maximum Gasteiger partial charge on any atom is 0.270 e. The zero-order valence-electron chi connectivity index (χ0n) is 19.1. The molecule has 1 unspecified atom stereocenters. The van der Waals surface area contributed by atoms with Gasteiger partial charge in [0.25, 0.3) is 5.91 Å². The van der Waals surface area contributed by atoms with Crippen LogP contribution in [0.15, 0.2) is 52.4 Å². The van der Waals surface area contributed by atoms with E-state index in [4.69, 9.17) is 0 Å². The van der Waals surface area contributed by atoms with Crippen molar-refractivity contribution in [2.75, 3.05) is 27.2 Å². The van der Waals surface area contributed by atoms with Gasteiger partial charge in [-0.25, -0.2) is 9.38 Å². The number of nitrogens with one attached hydrogen (secondary N) is 1. The summed E-state index contributed by atoms with van der Waals surface area (Å²) in [5, 5.41) is 2.79. The normalized spacial score (nSPS) is 15.7. The minimum atomic E-state index is -0.326. The van der Waals surface area contributed by atoms with Crippen LogP contribution in [-0.2, 0) is 14.4 Å². The average molecular weight is 443 g/mol. The number of rotatable bonds is 9. The van der Waals surface area contributed by atoms with Gasteiger partial charge in [-0.2, -0.15) is 0 Å². The van der Waals surface area contributed by atoms with Crippen LogP contribution in [0, 0.1) is 5.82 Å². The first-order chi connectivity index (χ1) is 15.3. The van der Waals surface area contributed by atoms with Crippen LogP contribution in [0.2, 0.25) is 0 Å². The second-order valence-corrected chi connectivity index (χ2v) is 7.88. The summed E-state index contributed by atoms with van der Waals surface area (Å²) in [6.07, 6.45) is 6.06. The van der Waals surface area contributed by atoms with E-state index in [0.29, 0.717) is 43.5 Å². The highest BCUT2D eigenvalue weighted by Gasteiger charge is 2.28. The third-order valence-corrected chi connectivity index (χ3v) is 5.08. The Morgan fingerprint density at radius 1 is 1.28 bits per heavy atom. The number of nitrogens with zero attached hydrogens (tertiary/aromatic N) is 3. The Kier molecular flexibility index (Phi) is 9.31. The number of likely N-dealkylation sites (N-methyl/N-ethyl adjacent to an activating group) is 1. The number of halogens is 1. The quantitative estimate of drug-likeness (QED) is 0.471. The summed E-state index contributed by atoms with van der Waals surface area (Å²) in [4.78, 5) is 44.3. The Balaban J connectivity index is 2.10. The summed E-state index contributed by atoms with van der Waals surface area (Å²) in [5.41, 5.74) is 1.60. The van der Waals surface area contributed by atoms with E-state index >= 15 is 0 Å². The topological polar surface area (TPSA) is 82.1 Å². The fourth-order valence-electron chi connectivity index (χ4n) is 3.38. The molecular formula is C24H31FN4O3. The molecule has 1 aromatic carbocycles. The molecule has 7 nitrogen and oxygen atoms in total. The van der Waals surface area contributed by atoms with E-state index in [2.05, 4.69) is 10.3 Å². The number of benzene rings is 1. The summed E-state index contributed by atoms with van der Waals surface area (Å²) in [5.74, 6) is -0.586. The summed E-state index contributed by atoms with van der Waals surface area (Å²) < 4.78 is 13.1. The number of aldehydes is 1. The molecule has 0 saturated heterocycles. The molecule has 0 spiro atoms. The van der Waals surface area contributed by atoms with Crippen LogP contribution in [0.1, 0.15) is 44.6 Å². The second kappa shape index (κ2) is 11.9. The summed E-state index contributed by atoms with van der Waals surface area (Å²) in [6, 6.07) is 6.20. The number of hydrogen-bond donors (Lipinski definition) is 1. The van der Waals surface area contributed by atoms with E-state index in [1.807, 2.05) is 13.8 Å². The van der Waals surface area contributed by atoms with Gasteiger partial charge < -0.3 is 15.1 Å².